The summed E-state index contributed by atoms with van der Waals surface area (Å²) in [5.41, 5.74) is 0.972. The van der Waals surface area contributed by atoms with Gasteiger partial charge < -0.3 is 5.11 Å². The van der Waals surface area contributed by atoms with Crippen molar-refractivity contribution in [2.75, 3.05) is 0 Å². The average Bonchev–Trinajstić information content (AvgIpc) is 2.43. The van der Waals surface area contributed by atoms with E-state index in [4.69, 9.17) is 5.11 Å². The van der Waals surface area contributed by atoms with E-state index in [1.54, 1.807) is 11.3 Å². The molecule has 0 aliphatic carbocycles. The van der Waals surface area contributed by atoms with Crippen molar-refractivity contribution in [3.8, 4) is 0 Å². The number of rotatable bonds is 1. The molecule has 0 radical (unpaired) electrons. The highest BCUT2D eigenvalue weighted by Crippen LogP contribution is 2.34. The van der Waals surface area contributed by atoms with Crippen molar-refractivity contribution in [1.82, 2.24) is 0 Å². The standard InChI is InChI=1S/C9H6Br2OS/c10-7-1-5-3-8(11)13-9(5)6(2-7)4-12/h1-3,12H,4H2. The van der Waals surface area contributed by atoms with Crippen molar-refractivity contribution in [1.29, 1.82) is 0 Å². The van der Waals surface area contributed by atoms with Gasteiger partial charge in [0.25, 0.3) is 0 Å². The van der Waals surface area contributed by atoms with Crippen LogP contribution < -0.4 is 0 Å². The third-order valence-electron chi connectivity index (χ3n) is 1.80. The van der Waals surface area contributed by atoms with Gasteiger partial charge >= 0.3 is 0 Å². The summed E-state index contributed by atoms with van der Waals surface area (Å²) in [5.74, 6) is 0. The Kier molecular flexibility index (Phi) is 2.74. The quantitative estimate of drug-likeness (QED) is 0.844. The highest BCUT2D eigenvalue weighted by atomic mass is 79.9. The van der Waals surface area contributed by atoms with Gasteiger partial charge in [0.15, 0.2) is 0 Å². The molecule has 0 saturated carbocycles. The summed E-state index contributed by atoms with van der Waals surface area (Å²) in [6, 6.07) is 6.06. The van der Waals surface area contributed by atoms with Crippen LogP contribution in [-0.4, -0.2) is 5.11 Å². The monoisotopic (exact) mass is 320 g/mol. The van der Waals surface area contributed by atoms with E-state index in [1.807, 2.05) is 6.07 Å². The van der Waals surface area contributed by atoms with Gasteiger partial charge in [-0.05, 0) is 45.1 Å². The molecule has 1 aromatic carbocycles. The number of thiophene rings is 1. The maximum atomic E-state index is 9.14. The van der Waals surface area contributed by atoms with Gasteiger partial charge in [0.2, 0.25) is 0 Å². The second-order valence-corrected chi connectivity index (χ2v) is 6.04. The molecule has 2 aromatic rings. The van der Waals surface area contributed by atoms with Crippen molar-refractivity contribution >= 4 is 53.3 Å². The van der Waals surface area contributed by atoms with E-state index < -0.39 is 0 Å². The lowest BCUT2D eigenvalue weighted by Gasteiger charge is -1.99. The molecule has 2 rings (SSSR count). The van der Waals surface area contributed by atoms with Crippen molar-refractivity contribution < 1.29 is 5.11 Å². The average molecular weight is 322 g/mol. The second kappa shape index (κ2) is 3.69. The van der Waals surface area contributed by atoms with E-state index in [1.165, 1.54) is 0 Å². The first-order chi connectivity index (χ1) is 6.20. The van der Waals surface area contributed by atoms with Crippen LogP contribution in [0.15, 0.2) is 26.5 Å². The summed E-state index contributed by atoms with van der Waals surface area (Å²) < 4.78 is 3.25. The van der Waals surface area contributed by atoms with Gasteiger partial charge in [0.05, 0.1) is 10.4 Å². The van der Waals surface area contributed by atoms with E-state index >= 15 is 0 Å². The number of aliphatic hydroxyl groups excluding tert-OH is 1. The Labute approximate surface area is 96.6 Å². The van der Waals surface area contributed by atoms with E-state index in [9.17, 15) is 0 Å². The molecule has 13 heavy (non-hydrogen) atoms. The first-order valence-corrected chi connectivity index (χ1v) is 6.09. The molecule has 1 N–H and O–H groups in total. The zero-order chi connectivity index (χ0) is 9.42. The molecular formula is C9H6Br2OS. The molecule has 0 unspecified atom stereocenters. The Hall–Kier alpha value is 0.1000. The predicted molar refractivity (Wildman–Crippen MR) is 63.1 cm³/mol. The maximum absolute atomic E-state index is 9.14. The molecule has 0 fully saturated rings. The SMILES string of the molecule is OCc1cc(Br)cc2cc(Br)sc12. The first-order valence-electron chi connectivity index (χ1n) is 3.69. The summed E-state index contributed by atoms with van der Waals surface area (Å²) in [5, 5.41) is 10.3. The Morgan fingerprint density at radius 2 is 2.00 bits per heavy atom. The molecule has 0 aliphatic heterocycles. The lowest BCUT2D eigenvalue weighted by Crippen LogP contribution is -1.82. The number of benzene rings is 1. The topological polar surface area (TPSA) is 20.2 Å². The van der Waals surface area contributed by atoms with Crippen LogP contribution in [0.4, 0.5) is 0 Å². The Morgan fingerprint density at radius 1 is 1.23 bits per heavy atom. The van der Waals surface area contributed by atoms with Crippen molar-refractivity contribution in [3.63, 3.8) is 0 Å². The normalized spacial score (nSPS) is 11.0. The lowest BCUT2D eigenvalue weighted by molar-refractivity contribution is 0.283. The van der Waals surface area contributed by atoms with Gasteiger partial charge in [-0.3, -0.25) is 0 Å². The van der Waals surface area contributed by atoms with Crippen LogP contribution in [0.1, 0.15) is 5.56 Å². The van der Waals surface area contributed by atoms with Crippen LogP contribution in [-0.2, 0) is 6.61 Å². The number of halogens is 2. The van der Waals surface area contributed by atoms with Crippen LogP contribution in [0.2, 0.25) is 0 Å². The van der Waals surface area contributed by atoms with E-state index in [2.05, 4.69) is 44.0 Å². The molecule has 68 valence electrons. The van der Waals surface area contributed by atoms with Crippen LogP contribution in [0.5, 0.6) is 0 Å². The van der Waals surface area contributed by atoms with E-state index in [0.717, 1.165) is 23.9 Å². The highest BCUT2D eigenvalue weighted by Gasteiger charge is 2.05. The number of aliphatic hydroxyl groups is 1. The summed E-state index contributed by atoms with van der Waals surface area (Å²) >= 11 is 8.49. The summed E-state index contributed by atoms with van der Waals surface area (Å²) in [6.45, 7) is 0.0862. The third kappa shape index (κ3) is 1.81. The fraction of sp³-hybridized carbons (Fsp3) is 0.111. The maximum Gasteiger partial charge on any atom is 0.0711 e. The second-order valence-electron chi connectivity index (χ2n) is 2.69. The summed E-state index contributed by atoms with van der Waals surface area (Å²) in [7, 11) is 0. The zero-order valence-electron chi connectivity index (χ0n) is 6.55. The number of hydrogen-bond acceptors (Lipinski definition) is 2. The summed E-state index contributed by atoms with van der Waals surface area (Å²) in [4.78, 5) is 0. The highest BCUT2D eigenvalue weighted by molar-refractivity contribution is 9.11. The molecule has 0 bridgehead atoms. The summed E-state index contributed by atoms with van der Waals surface area (Å²) in [6.07, 6.45) is 0. The zero-order valence-corrected chi connectivity index (χ0v) is 10.5. The van der Waals surface area contributed by atoms with Crippen LogP contribution in [0.25, 0.3) is 10.1 Å². The van der Waals surface area contributed by atoms with Crippen LogP contribution in [0, 0.1) is 0 Å². The lowest BCUT2D eigenvalue weighted by atomic mass is 10.2. The minimum absolute atomic E-state index is 0.0862. The number of hydrogen-bond donors (Lipinski definition) is 1. The van der Waals surface area contributed by atoms with Gasteiger partial charge in [-0.2, -0.15) is 0 Å². The Morgan fingerprint density at radius 3 is 2.69 bits per heavy atom. The molecule has 0 saturated heterocycles. The molecule has 0 atom stereocenters. The van der Waals surface area contributed by atoms with Gasteiger partial charge in [-0.15, -0.1) is 11.3 Å². The first kappa shape index (κ1) is 9.65. The van der Waals surface area contributed by atoms with Crippen LogP contribution in [0.3, 0.4) is 0 Å². The molecule has 0 aliphatic rings. The number of fused-ring (bicyclic) bond motifs is 1. The van der Waals surface area contributed by atoms with Crippen LogP contribution >= 0.6 is 43.2 Å². The molecule has 1 heterocycles. The minimum Gasteiger partial charge on any atom is -0.392 e. The molecule has 1 nitrogen and oxygen atoms in total. The van der Waals surface area contributed by atoms with Gasteiger partial charge in [-0.1, -0.05) is 15.9 Å². The van der Waals surface area contributed by atoms with Crippen molar-refractivity contribution in [2.24, 2.45) is 0 Å². The van der Waals surface area contributed by atoms with E-state index in [0.29, 0.717) is 0 Å². The molecule has 0 amide bonds. The minimum atomic E-state index is 0.0862. The van der Waals surface area contributed by atoms with E-state index in [-0.39, 0.29) is 6.61 Å². The largest absolute Gasteiger partial charge is 0.392 e. The van der Waals surface area contributed by atoms with Crippen molar-refractivity contribution in [3.05, 3.63) is 32.0 Å². The molecule has 1 aromatic heterocycles. The fourth-order valence-corrected chi connectivity index (χ4v) is 3.40. The Bertz CT molecular complexity index is 450. The molecule has 0 spiro atoms. The molecular weight excluding hydrogens is 316 g/mol. The predicted octanol–water partition coefficient (Wildman–Crippen LogP) is 3.92. The van der Waals surface area contributed by atoms with Gasteiger partial charge in [0.1, 0.15) is 0 Å². The van der Waals surface area contributed by atoms with Gasteiger partial charge in [0, 0.05) is 9.17 Å². The fourth-order valence-electron chi connectivity index (χ4n) is 1.27. The van der Waals surface area contributed by atoms with Crippen molar-refractivity contribution in [2.45, 2.75) is 6.61 Å². The Balaban J connectivity index is 2.80. The smallest absolute Gasteiger partial charge is 0.0711 e. The third-order valence-corrected chi connectivity index (χ3v) is 3.99. The molecule has 4 heteroatoms. The van der Waals surface area contributed by atoms with Gasteiger partial charge in [-0.25, -0.2) is 0 Å².